The molecule has 1 heterocycles. The Labute approximate surface area is 168 Å². The number of aliphatic hydroxyl groups excluding tert-OH is 1. The monoisotopic (exact) mass is 398 g/mol. The molecule has 2 rings (SSSR count). The highest BCUT2D eigenvalue weighted by molar-refractivity contribution is 7.85. The van der Waals surface area contributed by atoms with Gasteiger partial charge >= 0.3 is 0 Å². The Bertz CT molecular complexity index is 545. The van der Waals surface area contributed by atoms with E-state index in [1.54, 1.807) is 0 Å². The smallest absolute Gasteiger partial charge is 0.231 e. The van der Waals surface area contributed by atoms with E-state index < -0.39 is 10.8 Å². The molecule has 2 atom stereocenters. The predicted octanol–water partition coefficient (Wildman–Crippen LogP) is 5.09. The maximum atomic E-state index is 12.3. The number of benzene rings is 1. The molecule has 0 amide bonds. The summed E-state index contributed by atoms with van der Waals surface area (Å²) in [6.45, 7) is 8.86. The number of unbranched alkanes of at least 4 members (excludes halogenated alkanes) is 5. The first-order valence-electron chi connectivity index (χ1n) is 10.3. The molecule has 1 aliphatic heterocycles. The molecule has 0 spiro atoms. The largest absolute Gasteiger partial charge is 0.454 e. The molecule has 0 aliphatic carbocycles. The van der Waals surface area contributed by atoms with Crippen molar-refractivity contribution in [3.8, 4) is 11.5 Å². The van der Waals surface area contributed by atoms with Crippen molar-refractivity contribution in [3.05, 3.63) is 23.8 Å². The van der Waals surface area contributed by atoms with E-state index in [0.29, 0.717) is 19.3 Å². The Balaban J connectivity index is 0.000000646. The summed E-state index contributed by atoms with van der Waals surface area (Å²) >= 11 is 0. The minimum absolute atomic E-state index is 0.191. The predicted molar refractivity (Wildman–Crippen MR) is 114 cm³/mol. The molecule has 5 heteroatoms. The summed E-state index contributed by atoms with van der Waals surface area (Å²) in [5.74, 6) is 2.89. The van der Waals surface area contributed by atoms with Gasteiger partial charge in [0.25, 0.3) is 0 Å². The van der Waals surface area contributed by atoms with Crippen LogP contribution in [0.25, 0.3) is 0 Å². The third-order valence-corrected chi connectivity index (χ3v) is 6.23. The van der Waals surface area contributed by atoms with Crippen molar-refractivity contribution >= 4 is 10.8 Å². The van der Waals surface area contributed by atoms with Gasteiger partial charge in [-0.05, 0) is 36.5 Å². The van der Waals surface area contributed by atoms with E-state index >= 15 is 0 Å². The Morgan fingerprint density at radius 1 is 1.04 bits per heavy atom. The molecule has 0 saturated heterocycles. The Morgan fingerprint density at radius 3 is 2.33 bits per heavy atom. The van der Waals surface area contributed by atoms with Crippen LogP contribution in [-0.4, -0.2) is 33.7 Å². The van der Waals surface area contributed by atoms with Crippen molar-refractivity contribution in [2.75, 3.05) is 19.2 Å². The van der Waals surface area contributed by atoms with Crippen LogP contribution in [0.2, 0.25) is 0 Å². The van der Waals surface area contributed by atoms with Crippen LogP contribution in [0.1, 0.15) is 71.8 Å². The van der Waals surface area contributed by atoms with Crippen molar-refractivity contribution in [2.45, 2.75) is 77.9 Å². The van der Waals surface area contributed by atoms with Gasteiger partial charge in [0, 0.05) is 28.4 Å². The molecule has 1 aliphatic rings. The molecule has 4 nitrogen and oxygen atoms in total. The third-order valence-electron chi connectivity index (χ3n) is 4.47. The Hall–Kier alpha value is -1.07. The highest BCUT2D eigenvalue weighted by Crippen LogP contribution is 2.33. The van der Waals surface area contributed by atoms with Crippen LogP contribution < -0.4 is 9.47 Å². The standard InChI is InChI=1S/C18H28O3S.C4H10O/c1-3-4-5-6-7-8-11-22(19)15(2)12-16-9-10-17-18(13-16)21-14-20-17;1-4(2)3-5/h9-10,13,15H,3-8,11-12,14H2,1-2H3;4-5H,3H2,1-2H3. The summed E-state index contributed by atoms with van der Waals surface area (Å²) in [5, 5.41) is 8.33. The van der Waals surface area contributed by atoms with Crippen molar-refractivity contribution < 1.29 is 18.8 Å². The van der Waals surface area contributed by atoms with Gasteiger partial charge in [-0.25, -0.2) is 0 Å². The number of aliphatic hydroxyl groups is 1. The van der Waals surface area contributed by atoms with E-state index in [9.17, 15) is 4.21 Å². The lowest BCUT2D eigenvalue weighted by molar-refractivity contribution is 0.174. The normalized spacial score (nSPS) is 14.6. The van der Waals surface area contributed by atoms with Gasteiger partial charge in [0.2, 0.25) is 6.79 Å². The van der Waals surface area contributed by atoms with Gasteiger partial charge in [-0.1, -0.05) is 65.9 Å². The minimum atomic E-state index is -0.743. The van der Waals surface area contributed by atoms with Crippen LogP contribution in [0.4, 0.5) is 0 Å². The Kier molecular flexibility index (Phi) is 12.4. The maximum Gasteiger partial charge on any atom is 0.231 e. The van der Waals surface area contributed by atoms with Crippen LogP contribution >= 0.6 is 0 Å². The van der Waals surface area contributed by atoms with Crippen LogP contribution in [0.15, 0.2) is 18.2 Å². The van der Waals surface area contributed by atoms with Gasteiger partial charge in [-0.2, -0.15) is 0 Å². The van der Waals surface area contributed by atoms with Gasteiger partial charge in [-0.15, -0.1) is 0 Å². The molecular weight excluding hydrogens is 360 g/mol. The molecular formula is C22H38O4S. The second-order valence-corrected chi connectivity index (χ2v) is 9.61. The molecule has 0 radical (unpaired) electrons. The van der Waals surface area contributed by atoms with E-state index in [2.05, 4.69) is 13.8 Å². The van der Waals surface area contributed by atoms with E-state index in [1.807, 2.05) is 32.0 Å². The van der Waals surface area contributed by atoms with Crippen LogP contribution in [-0.2, 0) is 17.2 Å². The third kappa shape index (κ3) is 10.2. The first kappa shape index (κ1) is 24.0. The maximum absolute atomic E-state index is 12.3. The summed E-state index contributed by atoms with van der Waals surface area (Å²) in [6, 6.07) is 6.01. The van der Waals surface area contributed by atoms with Gasteiger partial charge in [0.1, 0.15) is 0 Å². The number of ether oxygens (including phenoxy) is 2. The summed E-state index contributed by atoms with van der Waals surface area (Å²) in [6.07, 6.45) is 8.32. The summed E-state index contributed by atoms with van der Waals surface area (Å²) in [7, 11) is -0.743. The lowest BCUT2D eigenvalue weighted by atomic mass is 10.1. The lowest BCUT2D eigenvalue weighted by Crippen LogP contribution is -2.16. The van der Waals surface area contributed by atoms with Crippen LogP contribution in [0, 0.1) is 5.92 Å². The number of hydrogen-bond donors (Lipinski definition) is 1. The van der Waals surface area contributed by atoms with E-state index in [4.69, 9.17) is 14.6 Å². The number of rotatable bonds is 11. The molecule has 1 aromatic rings. The van der Waals surface area contributed by atoms with Gasteiger partial charge in [0.05, 0.1) is 0 Å². The fourth-order valence-corrected chi connectivity index (χ4v) is 3.99. The van der Waals surface area contributed by atoms with Crippen LogP contribution in [0.5, 0.6) is 11.5 Å². The molecule has 2 unspecified atom stereocenters. The quantitative estimate of drug-likeness (QED) is 0.528. The van der Waals surface area contributed by atoms with Gasteiger partial charge < -0.3 is 14.6 Å². The summed E-state index contributed by atoms with van der Waals surface area (Å²) in [4.78, 5) is 0. The Morgan fingerprint density at radius 2 is 1.67 bits per heavy atom. The summed E-state index contributed by atoms with van der Waals surface area (Å²) < 4.78 is 23.0. The average Bonchev–Trinajstić information content (AvgIpc) is 3.12. The first-order valence-corrected chi connectivity index (χ1v) is 11.7. The molecule has 1 aromatic carbocycles. The fourth-order valence-electron chi connectivity index (χ4n) is 2.72. The zero-order valence-corrected chi connectivity index (χ0v) is 18.4. The molecule has 0 aromatic heterocycles. The molecule has 0 bridgehead atoms. The van der Waals surface area contributed by atoms with E-state index in [-0.39, 0.29) is 5.25 Å². The topological polar surface area (TPSA) is 55.8 Å². The zero-order valence-electron chi connectivity index (χ0n) is 17.5. The van der Waals surface area contributed by atoms with Crippen molar-refractivity contribution in [1.82, 2.24) is 0 Å². The molecule has 156 valence electrons. The van der Waals surface area contributed by atoms with Gasteiger partial charge in [-0.3, -0.25) is 4.21 Å². The number of fused-ring (bicyclic) bond motifs is 1. The SMILES string of the molecule is CC(C)CO.CCCCCCCCS(=O)C(C)Cc1ccc2c(c1)OCO2. The molecule has 1 N–H and O–H groups in total. The van der Waals surface area contributed by atoms with Crippen molar-refractivity contribution in [2.24, 2.45) is 5.92 Å². The molecule has 27 heavy (non-hydrogen) atoms. The molecule has 0 saturated carbocycles. The van der Waals surface area contributed by atoms with E-state index in [0.717, 1.165) is 30.1 Å². The molecule has 0 fully saturated rings. The fraction of sp³-hybridized carbons (Fsp3) is 0.727. The van der Waals surface area contributed by atoms with Gasteiger partial charge in [0.15, 0.2) is 11.5 Å². The van der Waals surface area contributed by atoms with Crippen molar-refractivity contribution in [3.63, 3.8) is 0 Å². The zero-order chi connectivity index (χ0) is 20.1. The van der Waals surface area contributed by atoms with Crippen LogP contribution in [0.3, 0.4) is 0 Å². The highest BCUT2D eigenvalue weighted by Gasteiger charge is 2.16. The lowest BCUT2D eigenvalue weighted by Gasteiger charge is -2.12. The second kappa shape index (κ2) is 14.0. The second-order valence-electron chi connectivity index (χ2n) is 7.63. The van der Waals surface area contributed by atoms with Crippen molar-refractivity contribution in [1.29, 1.82) is 0 Å². The first-order chi connectivity index (χ1) is 13.0. The van der Waals surface area contributed by atoms with E-state index in [1.165, 1.54) is 37.7 Å². The highest BCUT2D eigenvalue weighted by atomic mass is 32.2. The summed E-state index contributed by atoms with van der Waals surface area (Å²) in [5.41, 5.74) is 1.17. The minimum Gasteiger partial charge on any atom is -0.454 e. The number of hydrogen-bond acceptors (Lipinski definition) is 4. The average molecular weight is 399 g/mol.